The maximum atomic E-state index is 13.9. The summed E-state index contributed by atoms with van der Waals surface area (Å²) in [6, 6.07) is 7.75. The van der Waals surface area contributed by atoms with Gasteiger partial charge in [-0.3, -0.25) is 9.59 Å². The number of amides is 3. The maximum Gasteiger partial charge on any atom is 0.408 e. The molecule has 0 aliphatic rings. The molecule has 0 bridgehead atoms. The number of hydrogen-bond donors (Lipinski definition) is 2. The van der Waals surface area contributed by atoms with Crippen LogP contribution in [0.3, 0.4) is 0 Å². The Labute approximate surface area is 199 Å². The van der Waals surface area contributed by atoms with Crippen molar-refractivity contribution in [3.8, 4) is 0 Å². The van der Waals surface area contributed by atoms with Crippen molar-refractivity contribution in [2.24, 2.45) is 5.92 Å². The molecule has 0 saturated carbocycles. The molecular formula is C26H43N3O4. The van der Waals surface area contributed by atoms with E-state index in [1.807, 2.05) is 51.1 Å². The molecule has 0 radical (unpaired) electrons. The van der Waals surface area contributed by atoms with Gasteiger partial charge in [-0.15, -0.1) is 0 Å². The van der Waals surface area contributed by atoms with Gasteiger partial charge in [-0.2, -0.15) is 0 Å². The van der Waals surface area contributed by atoms with Gasteiger partial charge in [0, 0.05) is 13.1 Å². The Hall–Kier alpha value is -2.57. The molecule has 1 rings (SSSR count). The maximum absolute atomic E-state index is 13.9. The first-order chi connectivity index (χ1) is 15.6. The summed E-state index contributed by atoms with van der Waals surface area (Å²) in [4.78, 5) is 41.3. The third-order valence-electron chi connectivity index (χ3n) is 5.40. The number of rotatable bonds is 12. The summed E-state index contributed by atoms with van der Waals surface area (Å²) in [6.07, 6.45) is 2.55. The summed E-state index contributed by atoms with van der Waals surface area (Å²) in [5.41, 5.74) is 0.0654. The lowest BCUT2D eigenvalue weighted by Gasteiger charge is -2.36. The van der Waals surface area contributed by atoms with Crippen molar-refractivity contribution in [1.29, 1.82) is 0 Å². The van der Waals surface area contributed by atoms with E-state index in [2.05, 4.69) is 17.6 Å². The van der Waals surface area contributed by atoms with Crippen molar-refractivity contribution < 1.29 is 19.1 Å². The van der Waals surface area contributed by atoms with Gasteiger partial charge in [-0.25, -0.2) is 4.79 Å². The molecule has 3 amide bonds. The number of ether oxygens (including phenoxy) is 1. The molecule has 33 heavy (non-hydrogen) atoms. The monoisotopic (exact) mass is 461 g/mol. The minimum absolute atomic E-state index is 0.135. The van der Waals surface area contributed by atoms with Crippen LogP contribution in [0, 0.1) is 5.92 Å². The number of hydrogen-bond acceptors (Lipinski definition) is 4. The lowest BCUT2D eigenvalue weighted by molar-refractivity contribution is -0.143. The lowest BCUT2D eigenvalue weighted by atomic mass is 9.95. The number of alkyl carbamates (subject to hydrolysis) is 1. The highest BCUT2D eigenvalue weighted by Crippen LogP contribution is 2.25. The first-order valence-electron chi connectivity index (χ1n) is 12.2. The summed E-state index contributed by atoms with van der Waals surface area (Å²) in [5, 5.41) is 5.76. The molecular weight excluding hydrogens is 418 g/mol. The molecule has 2 N–H and O–H groups in total. The smallest absolute Gasteiger partial charge is 0.408 e. The minimum atomic E-state index is -0.800. The second kappa shape index (κ2) is 13.9. The number of carbonyl (C=O) groups is 3. The van der Waals surface area contributed by atoms with Gasteiger partial charge in [0.15, 0.2) is 0 Å². The molecule has 0 saturated heterocycles. The normalized spacial score (nSPS) is 14.0. The summed E-state index contributed by atoms with van der Waals surface area (Å²) >= 11 is 0. The Kier molecular flexibility index (Phi) is 12.0. The lowest BCUT2D eigenvalue weighted by Crippen LogP contribution is -2.55. The van der Waals surface area contributed by atoms with Crippen LogP contribution in [0.25, 0.3) is 0 Å². The molecule has 3 atom stereocenters. The zero-order valence-electron chi connectivity index (χ0n) is 21.4. The van der Waals surface area contributed by atoms with Crippen molar-refractivity contribution in [2.45, 2.75) is 91.8 Å². The SMILES string of the molecule is CCCCNC(=O)C(c1ccccc1)N(CCC)C(=O)C(NC(=O)OC(C)(C)C)C(C)CC. The van der Waals surface area contributed by atoms with E-state index >= 15 is 0 Å². The van der Waals surface area contributed by atoms with Crippen LogP contribution in [0.15, 0.2) is 30.3 Å². The molecule has 0 fully saturated rings. The zero-order valence-corrected chi connectivity index (χ0v) is 21.4. The largest absolute Gasteiger partial charge is 0.444 e. The first-order valence-corrected chi connectivity index (χ1v) is 12.2. The molecule has 3 unspecified atom stereocenters. The quantitative estimate of drug-likeness (QED) is 0.437. The highest BCUT2D eigenvalue weighted by atomic mass is 16.6. The molecule has 0 aromatic heterocycles. The Morgan fingerprint density at radius 2 is 1.67 bits per heavy atom. The van der Waals surface area contributed by atoms with Gasteiger partial charge in [0.1, 0.15) is 17.7 Å². The summed E-state index contributed by atoms with van der Waals surface area (Å²) in [7, 11) is 0. The summed E-state index contributed by atoms with van der Waals surface area (Å²) < 4.78 is 5.41. The first kappa shape index (κ1) is 28.5. The van der Waals surface area contributed by atoms with Crippen molar-refractivity contribution in [1.82, 2.24) is 15.5 Å². The number of benzene rings is 1. The van der Waals surface area contributed by atoms with Crippen molar-refractivity contribution in [3.63, 3.8) is 0 Å². The molecule has 0 aliphatic carbocycles. The molecule has 0 spiro atoms. The number of nitrogens with zero attached hydrogens (tertiary/aromatic N) is 1. The van der Waals surface area contributed by atoms with Crippen LogP contribution in [0.4, 0.5) is 4.79 Å². The molecule has 0 heterocycles. The van der Waals surface area contributed by atoms with Gasteiger partial charge < -0.3 is 20.3 Å². The van der Waals surface area contributed by atoms with E-state index in [0.717, 1.165) is 18.4 Å². The topological polar surface area (TPSA) is 87.7 Å². The van der Waals surface area contributed by atoms with E-state index in [4.69, 9.17) is 4.74 Å². The Balaban J connectivity index is 3.32. The fourth-order valence-electron chi connectivity index (χ4n) is 3.50. The molecule has 1 aromatic rings. The van der Waals surface area contributed by atoms with Crippen molar-refractivity contribution in [3.05, 3.63) is 35.9 Å². The summed E-state index contributed by atoms with van der Waals surface area (Å²) in [6.45, 7) is 14.2. The van der Waals surface area contributed by atoms with Gasteiger partial charge >= 0.3 is 6.09 Å². The molecule has 1 aromatic carbocycles. The zero-order chi connectivity index (χ0) is 25.0. The highest BCUT2D eigenvalue weighted by molar-refractivity contribution is 5.92. The van der Waals surface area contributed by atoms with Crippen LogP contribution in [0.2, 0.25) is 0 Å². The standard InChI is InChI=1S/C26H43N3O4/c1-8-11-17-27-23(30)22(20-15-13-12-14-16-20)29(18-9-2)24(31)21(19(4)10-3)28-25(32)33-26(5,6)7/h12-16,19,21-22H,8-11,17-18H2,1-7H3,(H,27,30)(H,28,32). The van der Waals surface area contributed by atoms with Crippen LogP contribution in [-0.2, 0) is 14.3 Å². The number of nitrogens with one attached hydrogen (secondary N) is 2. The minimum Gasteiger partial charge on any atom is -0.444 e. The van der Waals surface area contributed by atoms with Crippen LogP contribution in [-0.4, -0.2) is 47.5 Å². The van der Waals surface area contributed by atoms with Crippen LogP contribution < -0.4 is 10.6 Å². The van der Waals surface area contributed by atoms with Crippen molar-refractivity contribution >= 4 is 17.9 Å². The summed E-state index contributed by atoms with van der Waals surface area (Å²) in [5.74, 6) is -0.628. The second-order valence-electron chi connectivity index (χ2n) is 9.50. The molecule has 0 aliphatic heterocycles. The second-order valence-corrected chi connectivity index (χ2v) is 9.50. The van der Waals surface area contributed by atoms with E-state index in [1.54, 1.807) is 25.7 Å². The number of unbranched alkanes of at least 4 members (excludes halogenated alkanes) is 1. The van der Waals surface area contributed by atoms with Crippen LogP contribution in [0.1, 0.15) is 85.8 Å². The molecule has 186 valence electrons. The van der Waals surface area contributed by atoms with Gasteiger partial charge in [-0.1, -0.05) is 70.9 Å². The van der Waals surface area contributed by atoms with E-state index in [-0.39, 0.29) is 17.7 Å². The highest BCUT2D eigenvalue weighted by Gasteiger charge is 2.37. The van der Waals surface area contributed by atoms with Gasteiger partial charge in [0.05, 0.1) is 0 Å². The Bertz CT molecular complexity index is 746. The van der Waals surface area contributed by atoms with Gasteiger partial charge in [0.2, 0.25) is 11.8 Å². The van der Waals surface area contributed by atoms with Crippen LogP contribution in [0.5, 0.6) is 0 Å². The fourth-order valence-corrected chi connectivity index (χ4v) is 3.50. The molecule has 7 nitrogen and oxygen atoms in total. The average Bonchev–Trinajstić information content (AvgIpc) is 2.76. The predicted molar refractivity (Wildman–Crippen MR) is 132 cm³/mol. The Morgan fingerprint density at radius 1 is 1.03 bits per heavy atom. The van der Waals surface area contributed by atoms with Crippen LogP contribution >= 0.6 is 0 Å². The average molecular weight is 462 g/mol. The van der Waals surface area contributed by atoms with E-state index in [0.29, 0.717) is 25.9 Å². The number of carbonyl (C=O) groups excluding carboxylic acids is 3. The van der Waals surface area contributed by atoms with E-state index < -0.39 is 23.8 Å². The van der Waals surface area contributed by atoms with Crippen molar-refractivity contribution in [2.75, 3.05) is 13.1 Å². The van der Waals surface area contributed by atoms with Gasteiger partial charge in [-0.05, 0) is 45.1 Å². The molecule has 7 heteroatoms. The fraction of sp³-hybridized carbons (Fsp3) is 0.654. The third kappa shape index (κ3) is 9.44. The van der Waals surface area contributed by atoms with Gasteiger partial charge in [0.25, 0.3) is 0 Å². The Morgan fingerprint density at radius 3 is 2.18 bits per heavy atom. The predicted octanol–water partition coefficient (Wildman–Crippen LogP) is 4.82. The third-order valence-corrected chi connectivity index (χ3v) is 5.40. The van der Waals surface area contributed by atoms with E-state index in [9.17, 15) is 14.4 Å². The van der Waals surface area contributed by atoms with E-state index in [1.165, 1.54) is 0 Å².